The molecular formula is C14H27N3O6S. The fourth-order valence-electron chi connectivity index (χ4n) is 2.39. The second-order valence-electron chi connectivity index (χ2n) is 7.08. The van der Waals surface area contributed by atoms with E-state index in [0.29, 0.717) is 0 Å². The van der Waals surface area contributed by atoms with Gasteiger partial charge in [0.05, 0.1) is 6.26 Å². The first-order valence-electron chi connectivity index (χ1n) is 7.66. The molecule has 0 unspecified atom stereocenters. The first-order valence-corrected chi connectivity index (χ1v) is 9.51. The zero-order valence-corrected chi connectivity index (χ0v) is 15.6. The Morgan fingerprint density at radius 3 is 2.00 bits per heavy atom. The van der Waals surface area contributed by atoms with E-state index in [2.05, 4.69) is 5.32 Å². The number of aliphatic carboxylic acids is 1. The summed E-state index contributed by atoms with van der Waals surface area (Å²) < 4.78 is 29.5. The molecule has 0 spiro atoms. The topological polar surface area (TPSA) is 116 Å². The quantitative estimate of drug-likeness (QED) is 0.700. The normalized spacial score (nSPS) is 20.2. The summed E-state index contributed by atoms with van der Waals surface area (Å²) in [6.45, 7) is 7.48. The molecule has 1 fully saturated rings. The number of carbonyl (C=O) groups excluding carboxylic acids is 1. The van der Waals surface area contributed by atoms with Gasteiger partial charge in [-0.25, -0.2) is 13.2 Å². The Kier molecular flexibility index (Phi) is 6.23. The van der Waals surface area contributed by atoms with Crippen LogP contribution in [0.15, 0.2) is 0 Å². The predicted molar refractivity (Wildman–Crippen MR) is 88.3 cm³/mol. The molecule has 1 rings (SSSR count). The van der Waals surface area contributed by atoms with Crippen LogP contribution in [0.2, 0.25) is 0 Å². The van der Waals surface area contributed by atoms with Crippen molar-refractivity contribution in [1.82, 2.24) is 14.5 Å². The van der Waals surface area contributed by atoms with Gasteiger partial charge >= 0.3 is 12.1 Å². The zero-order valence-electron chi connectivity index (χ0n) is 14.8. The largest absolute Gasteiger partial charge is 0.480 e. The number of nitrogens with one attached hydrogen (secondary N) is 1. The van der Waals surface area contributed by atoms with Crippen LogP contribution in [0.25, 0.3) is 0 Å². The van der Waals surface area contributed by atoms with Crippen molar-refractivity contribution in [1.29, 1.82) is 0 Å². The number of ether oxygens (including phenoxy) is 1. The molecule has 1 atom stereocenters. The van der Waals surface area contributed by atoms with Gasteiger partial charge in [-0.2, -0.15) is 4.31 Å². The molecule has 1 heterocycles. The van der Waals surface area contributed by atoms with Crippen molar-refractivity contribution in [3.05, 3.63) is 0 Å². The number of amides is 1. The van der Waals surface area contributed by atoms with Crippen LogP contribution >= 0.6 is 0 Å². The van der Waals surface area contributed by atoms with E-state index in [1.165, 1.54) is 11.2 Å². The van der Waals surface area contributed by atoms with Crippen LogP contribution in [0.5, 0.6) is 0 Å². The number of carboxylic acids is 1. The van der Waals surface area contributed by atoms with Crippen molar-refractivity contribution in [2.75, 3.05) is 39.0 Å². The highest BCUT2D eigenvalue weighted by molar-refractivity contribution is 7.88. The van der Waals surface area contributed by atoms with Crippen molar-refractivity contribution in [2.24, 2.45) is 0 Å². The number of hydrogen-bond donors (Lipinski definition) is 2. The summed E-state index contributed by atoms with van der Waals surface area (Å²) in [5.74, 6) is -1.09. The summed E-state index contributed by atoms with van der Waals surface area (Å²) in [6.07, 6.45) is 0.438. The third-order valence-electron chi connectivity index (χ3n) is 3.84. The van der Waals surface area contributed by atoms with Gasteiger partial charge in [0, 0.05) is 32.7 Å². The van der Waals surface area contributed by atoms with Crippen molar-refractivity contribution in [2.45, 2.75) is 38.8 Å². The van der Waals surface area contributed by atoms with Crippen LogP contribution in [-0.2, 0) is 19.6 Å². The molecule has 10 heteroatoms. The van der Waals surface area contributed by atoms with E-state index >= 15 is 0 Å². The third kappa shape index (κ3) is 5.60. The molecule has 1 aliphatic rings. The molecule has 0 aromatic carbocycles. The fourth-order valence-corrected chi connectivity index (χ4v) is 3.22. The number of nitrogens with zero attached hydrogens (tertiary/aromatic N) is 2. The van der Waals surface area contributed by atoms with Crippen LogP contribution in [0.3, 0.4) is 0 Å². The van der Waals surface area contributed by atoms with Crippen molar-refractivity contribution >= 4 is 22.1 Å². The Labute approximate surface area is 143 Å². The second-order valence-corrected chi connectivity index (χ2v) is 9.07. The highest BCUT2D eigenvalue weighted by Gasteiger charge is 2.42. The molecule has 1 amide bonds. The summed E-state index contributed by atoms with van der Waals surface area (Å²) in [4.78, 5) is 25.2. The van der Waals surface area contributed by atoms with E-state index < -0.39 is 33.2 Å². The summed E-state index contributed by atoms with van der Waals surface area (Å²) >= 11 is 0. The Bertz CT molecular complexity index is 578. The van der Waals surface area contributed by atoms with Gasteiger partial charge in [0.25, 0.3) is 0 Å². The molecular weight excluding hydrogens is 338 g/mol. The Morgan fingerprint density at radius 2 is 1.62 bits per heavy atom. The van der Waals surface area contributed by atoms with Crippen molar-refractivity contribution in [3.8, 4) is 0 Å². The second kappa shape index (κ2) is 7.24. The van der Waals surface area contributed by atoms with E-state index in [-0.39, 0.29) is 32.7 Å². The minimum Gasteiger partial charge on any atom is -0.480 e. The molecule has 140 valence electrons. The molecule has 0 aromatic heterocycles. The van der Waals surface area contributed by atoms with Crippen molar-refractivity contribution in [3.63, 3.8) is 0 Å². The van der Waals surface area contributed by atoms with Gasteiger partial charge in [0.2, 0.25) is 10.0 Å². The zero-order chi connectivity index (χ0) is 18.8. The number of carboxylic acid groups (broad SMARTS) is 1. The monoisotopic (exact) mass is 365 g/mol. The summed E-state index contributed by atoms with van der Waals surface area (Å²) in [5, 5.41) is 12.1. The Morgan fingerprint density at radius 1 is 1.12 bits per heavy atom. The molecule has 2 N–H and O–H groups in total. The number of carbonyl (C=O) groups is 2. The van der Waals surface area contributed by atoms with Crippen LogP contribution in [0.1, 0.15) is 27.7 Å². The molecule has 0 bridgehead atoms. The number of alkyl carbamates (subject to hydrolysis) is 1. The number of piperazine rings is 1. The molecule has 0 saturated carbocycles. The average molecular weight is 365 g/mol. The first-order chi connectivity index (χ1) is 10.8. The van der Waals surface area contributed by atoms with Crippen LogP contribution < -0.4 is 5.32 Å². The number of hydrogen-bond acceptors (Lipinski definition) is 6. The van der Waals surface area contributed by atoms with Gasteiger partial charge < -0.3 is 15.2 Å². The lowest BCUT2D eigenvalue weighted by atomic mass is 9.99. The molecule has 0 aliphatic carbocycles. The molecule has 0 radical (unpaired) electrons. The Hall–Kier alpha value is -1.39. The smallest absolute Gasteiger partial charge is 0.407 e. The number of sulfonamides is 1. The maximum atomic E-state index is 11.8. The van der Waals surface area contributed by atoms with Gasteiger partial charge in [-0.1, -0.05) is 0 Å². The summed E-state index contributed by atoms with van der Waals surface area (Å²) in [5.41, 5.74) is -2.02. The highest BCUT2D eigenvalue weighted by atomic mass is 32.2. The van der Waals surface area contributed by atoms with Gasteiger partial charge in [0.15, 0.2) is 0 Å². The highest BCUT2D eigenvalue weighted by Crippen LogP contribution is 2.19. The lowest BCUT2D eigenvalue weighted by Gasteiger charge is -2.42. The van der Waals surface area contributed by atoms with Crippen LogP contribution in [-0.4, -0.2) is 84.9 Å². The van der Waals surface area contributed by atoms with Gasteiger partial charge in [0.1, 0.15) is 11.1 Å². The standard InChI is InChI=1S/C14H27N3O6S/c1-13(2,3)23-12(20)15-10-14(4,11(18)19)16-6-8-17(9-7-16)24(5,21)22/h6-10H2,1-5H3,(H,15,20)(H,18,19)/t14-/m0/s1. The van der Waals surface area contributed by atoms with Gasteiger partial charge in [-0.3, -0.25) is 9.69 Å². The SMILES string of the molecule is CC(C)(C)OC(=O)NC[C@@](C)(C(=O)O)N1CCN(S(C)(=O)=O)CC1. The van der Waals surface area contributed by atoms with Gasteiger partial charge in [-0.05, 0) is 27.7 Å². The van der Waals surface area contributed by atoms with Crippen LogP contribution in [0.4, 0.5) is 4.79 Å². The lowest BCUT2D eigenvalue weighted by molar-refractivity contribution is -0.151. The third-order valence-corrected chi connectivity index (χ3v) is 5.15. The van der Waals surface area contributed by atoms with Crippen LogP contribution in [0, 0.1) is 0 Å². The molecule has 1 saturated heterocycles. The van der Waals surface area contributed by atoms with E-state index in [1.807, 2.05) is 0 Å². The molecule has 9 nitrogen and oxygen atoms in total. The fraction of sp³-hybridized carbons (Fsp3) is 0.857. The maximum Gasteiger partial charge on any atom is 0.407 e. The van der Waals surface area contributed by atoms with E-state index in [9.17, 15) is 23.1 Å². The molecule has 0 aromatic rings. The summed E-state index contributed by atoms with van der Waals surface area (Å²) in [6, 6.07) is 0. The van der Waals surface area contributed by atoms with Crippen molar-refractivity contribution < 1.29 is 27.9 Å². The molecule has 1 aliphatic heterocycles. The minimum absolute atomic E-state index is 0.143. The molecule has 24 heavy (non-hydrogen) atoms. The minimum atomic E-state index is -3.29. The number of rotatable bonds is 5. The van der Waals surface area contributed by atoms with E-state index in [1.54, 1.807) is 25.7 Å². The average Bonchev–Trinajstić information content (AvgIpc) is 2.42. The predicted octanol–water partition coefficient (Wildman–Crippen LogP) is -0.0684. The van der Waals surface area contributed by atoms with E-state index in [0.717, 1.165) is 6.26 Å². The lowest BCUT2D eigenvalue weighted by Crippen LogP contribution is -2.64. The summed E-state index contributed by atoms with van der Waals surface area (Å²) in [7, 11) is -3.29. The maximum absolute atomic E-state index is 11.8. The van der Waals surface area contributed by atoms with Gasteiger partial charge in [-0.15, -0.1) is 0 Å². The first kappa shape index (κ1) is 20.7. The Balaban J connectivity index is 2.72. The van der Waals surface area contributed by atoms with E-state index in [4.69, 9.17) is 4.74 Å².